The first-order valence-corrected chi connectivity index (χ1v) is 6.85. The molecule has 0 heterocycles. The van der Waals surface area contributed by atoms with Crippen molar-refractivity contribution < 1.29 is 9.90 Å². The Morgan fingerprint density at radius 3 is 2.47 bits per heavy atom. The highest BCUT2D eigenvalue weighted by Gasteiger charge is 2.24. The molecule has 4 heteroatoms. The lowest BCUT2D eigenvalue weighted by atomic mass is 9.80. The van der Waals surface area contributed by atoms with E-state index >= 15 is 0 Å². The molecule has 1 saturated carbocycles. The second kappa shape index (κ2) is 5.51. The Hall–Kier alpha value is -1.71. The first-order valence-electron chi connectivity index (χ1n) is 6.85. The van der Waals surface area contributed by atoms with Crippen molar-refractivity contribution in [2.75, 3.05) is 11.1 Å². The molecule has 2 atom stereocenters. The van der Waals surface area contributed by atoms with Crippen LogP contribution in [0, 0.1) is 11.8 Å². The van der Waals surface area contributed by atoms with Gasteiger partial charge in [-0.05, 0) is 49.3 Å². The molecule has 0 bridgehead atoms. The molecule has 1 aromatic rings. The minimum atomic E-state index is -0.917. The number of nitrogen functional groups attached to an aromatic ring is 1. The molecule has 2 rings (SSSR count). The van der Waals surface area contributed by atoms with Crippen LogP contribution in [0.15, 0.2) is 18.2 Å². The van der Waals surface area contributed by atoms with Gasteiger partial charge in [0.25, 0.3) is 0 Å². The Balaban J connectivity index is 2.18. The van der Waals surface area contributed by atoms with Crippen molar-refractivity contribution in [1.29, 1.82) is 0 Å². The molecule has 104 valence electrons. The summed E-state index contributed by atoms with van der Waals surface area (Å²) in [4.78, 5) is 11.2. The number of benzene rings is 1. The van der Waals surface area contributed by atoms with E-state index in [4.69, 9.17) is 5.73 Å². The van der Waals surface area contributed by atoms with Gasteiger partial charge in [0.15, 0.2) is 0 Å². The van der Waals surface area contributed by atoms with E-state index in [2.05, 4.69) is 19.2 Å². The monoisotopic (exact) mass is 262 g/mol. The molecular weight excluding hydrogens is 240 g/mol. The van der Waals surface area contributed by atoms with Crippen molar-refractivity contribution in [3.05, 3.63) is 23.8 Å². The molecule has 0 spiro atoms. The van der Waals surface area contributed by atoms with Crippen molar-refractivity contribution in [1.82, 2.24) is 0 Å². The van der Waals surface area contributed by atoms with E-state index in [0.29, 0.717) is 34.8 Å². The van der Waals surface area contributed by atoms with Crippen molar-refractivity contribution in [2.24, 2.45) is 11.8 Å². The molecular formula is C15H22N2O2. The molecule has 1 aromatic carbocycles. The maximum absolute atomic E-state index is 11.2. The van der Waals surface area contributed by atoms with Gasteiger partial charge in [-0.25, -0.2) is 4.79 Å². The summed E-state index contributed by atoms with van der Waals surface area (Å²) >= 11 is 0. The third kappa shape index (κ3) is 3.40. The summed E-state index contributed by atoms with van der Waals surface area (Å²) in [6.07, 6.45) is 3.41. The van der Waals surface area contributed by atoms with Gasteiger partial charge >= 0.3 is 5.97 Å². The fourth-order valence-electron chi connectivity index (χ4n) is 3.15. The zero-order chi connectivity index (χ0) is 14.0. The zero-order valence-corrected chi connectivity index (χ0v) is 11.5. The quantitative estimate of drug-likeness (QED) is 0.731. The van der Waals surface area contributed by atoms with Gasteiger partial charge in [0, 0.05) is 11.7 Å². The second-order valence-electron chi connectivity index (χ2n) is 5.87. The van der Waals surface area contributed by atoms with Crippen molar-refractivity contribution in [3.8, 4) is 0 Å². The predicted molar refractivity (Wildman–Crippen MR) is 77.4 cm³/mol. The van der Waals surface area contributed by atoms with E-state index in [-0.39, 0.29) is 0 Å². The van der Waals surface area contributed by atoms with Crippen LogP contribution in [0.5, 0.6) is 0 Å². The summed E-state index contributed by atoms with van der Waals surface area (Å²) in [6, 6.07) is 5.24. The average molecular weight is 262 g/mol. The number of nitrogens with two attached hydrogens (primary N) is 1. The van der Waals surface area contributed by atoms with Crippen LogP contribution in [0.2, 0.25) is 0 Å². The molecule has 2 unspecified atom stereocenters. The van der Waals surface area contributed by atoms with Gasteiger partial charge in [0.05, 0.1) is 11.3 Å². The van der Waals surface area contributed by atoms with Gasteiger partial charge < -0.3 is 16.2 Å². The number of rotatable bonds is 3. The van der Waals surface area contributed by atoms with Crippen LogP contribution in [-0.2, 0) is 0 Å². The summed E-state index contributed by atoms with van der Waals surface area (Å²) < 4.78 is 0. The average Bonchev–Trinajstić information content (AvgIpc) is 2.26. The maximum atomic E-state index is 11.2. The smallest absolute Gasteiger partial charge is 0.337 e. The highest BCUT2D eigenvalue weighted by atomic mass is 16.4. The zero-order valence-electron chi connectivity index (χ0n) is 11.5. The number of carboxylic acids is 1. The number of aromatic carboxylic acids is 1. The Labute approximate surface area is 114 Å². The number of hydrogen-bond acceptors (Lipinski definition) is 3. The fourth-order valence-corrected chi connectivity index (χ4v) is 3.15. The third-order valence-corrected chi connectivity index (χ3v) is 3.81. The van der Waals surface area contributed by atoms with Gasteiger partial charge in [-0.3, -0.25) is 0 Å². The lowest BCUT2D eigenvalue weighted by molar-refractivity contribution is 0.0698. The van der Waals surface area contributed by atoms with Crippen molar-refractivity contribution in [2.45, 2.75) is 39.2 Å². The topological polar surface area (TPSA) is 75.3 Å². The number of hydrogen-bond donors (Lipinski definition) is 3. The maximum Gasteiger partial charge on any atom is 0.337 e. The minimum Gasteiger partial charge on any atom is -0.478 e. The van der Waals surface area contributed by atoms with Crippen LogP contribution in [-0.4, -0.2) is 17.1 Å². The van der Waals surface area contributed by atoms with E-state index in [1.54, 1.807) is 18.2 Å². The predicted octanol–water partition coefficient (Wildman–Crippen LogP) is 3.20. The summed E-state index contributed by atoms with van der Waals surface area (Å²) in [5.41, 5.74) is 7.27. The van der Waals surface area contributed by atoms with Crippen LogP contribution in [0.4, 0.5) is 11.4 Å². The van der Waals surface area contributed by atoms with Crippen molar-refractivity contribution in [3.63, 3.8) is 0 Å². The molecule has 1 fully saturated rings. The third-order valence-electron chi connectivity index (χ3n) is 3.81. The van der Waals surface area contributed by atoms with E-state index < -0.39 is 5.97 Å². The first-order chi connectivity index (χ1) is 8.95. The first kappa shape index (κ1) is 13.7. The number of nitrogens with one attached hydrogen (secondary N) is 1. The van der Waals surface area contributed by atoms with Crippen molar-refractivity contribution >= 4 is 17.3 Å². The van der Waals surface area contributed by atoms with Gasteiger partial charge in [-0.1, -0.05) is 13.8 Å². The molecule has 0 radical (unpaired) electrons. The SMILES string of the molecule is CC1CC(C)CC(Nc2cc(N)ccc2C(=O)O)C1. The Bertz CT molecular complexity index is 463. The van der Waals surface area contributed by atoms with Crippen LogP contribution in [0.1, 0.15) is 43.5 Å². The molecule has 4 nitrogen and oxygen atoms in total. The number of anilines is 2. The molecule has 1 aliphatic rings. The van der Waals surface area contributed by atoms with E-state index in [1.165, 1.54) is 6.42 Å². The molecule has 0 aromatic heterocycles. The summed E-state index contributed by atoms with van der Waals surface area (Å²) in [5.74, 6) is 0.436. The largest absolute Gasteiger partial charge is 0.478 e. The summed E-state index contributed by atoms with van der Waals surface area (Å²) in [6.45, 7) is 4.50. The van der Waals surface area contributed by atoms with Crippen LogP contribution >= 0.6 is 0 Å². The van der Waals surface area contributed by atoms with Gasteiger partial charge in [0.1, 0.15) is 0 Å². The van der Waals surface area contributed by atoms with E-state index in [1.807, 2.05) is 0 Å². The Morgan fingerprint density at radius 1 is 1.26 bits per heavy atom. The number of carbonyl (C=O) groups is 1. The molecule has 19 heavy (non-hydrogen) atoms. The fraction of sp³-hybridized carbons (Fsp3) is 0.533. The van der Waals surface area contributed by atoms with Gasteiger partial charge in [-0.15, -0.1) is 0 Å². The molecule has 0 saturated heterocycles. The molecule has 0 aliphatic heterocycles. The van der Waals surface area contributed by atoms with E-state index in [0.717, 1.165) is 12.8 Å². The normalized spacial score (nSPS) is 26.9. The number of carboxylic acid groups (broad SMARTS) is 1. The molecule has 1 aliphatic carbocycles. The molecule has 0 amide bonds. The van der Waals surface area contributed by atoms with Crippen LogP contribution in [0.3, 0.4) is 0 Å². The van der Waals surface area contributed by atoms with E-state index in [9.17, 15) is 9.90 Å². The van der Waals surface area contributed by atoms with Crippen LogP contribution in [0.25, 0.3) is 0 Å². The Morgan fingerprint density at radius 2 is 1.89 bits per heavy atom. The summed E-state index contributed by atoms with van der Waals surface area (Å²) in [7, 11) is 0. The summed E-state index contributed by atoms with van der Waals surface area (Å²) in [5, 5.41) is 12.6. The highest BCUT2D eigenvalue weighted by Crippen LogP contribution is 2.31. The lowest BCUT2D eigenvalue weighted by Gasteiger charge is -2.33. The standard InChI is InChI=1S/C15H22N2O2/c1-9-5-10(2)7-12(6-9)17-14-8-11(16)3-4-13(14)15(18)19/h3-4,8-10,12,17H,5-7,16H2,1-2H3,(H,18,19). The minimum absolute atomic E-state index is 0.292. The van der Waals surface area contributed by atoms with Gasteiger partial charge in [0.2, 0.25) is 0 Å². The van der Waals surface area contributed by atoms with Crippen LogP contribution < -0.4 is 11.1 Å². The Kier molecular flexibility index (Phi) is 3.98. The second-order valence-corrected chi connectivity index (χ2v) is 5.87. The van der Waals surface area contributed by atoms with Gasteiger partial charge in [-0.2, -0.15) is 0 Å². The molecule has 4 N–H and O–H groups in total. The lowest BCUT2D eigenvalue weighted by Crippen LogP contribution is -2.30. The highest BCUT2D eigenvalue weighted by molar-refractivity contribution is 5.95.